The van der Waals surface area contributed by atoms with Gasteiger partial charge in [-0.1, -0.05) is 5.16 Å². The third kappa shape index (κ3) is 3.64. The number of hydrogen-bond acceptors (Lipinski definition) is 9. The van der Waals surface area contributed by atoms with Crippen molar-refractivity contribution in [3.05, 3.63) is 35.7 Å². The molecule has 0 spiro atoms. The molecule has 1 amide bonds. The molecule has 2 aromatic heterocycles. The Labute approximate surface area is 154 Å². The van der Waals surface area contributed by atoms with E-state index in [1.807, 2.05) is 13.8 Å². The van der Waals surface area contributed by atoms with Crippen molar-refractivity contribution in [1.82, 2.24) is 15.1 Å². The number of nitrogens with zero attached hydrogens (tertiary/aromatic N) is 3. The highest BCUT2D eigenvalue weighted by atomic mass is 16.5. The molecule has 0 saturated carbocycles. The molecule has 2 heterocycles. The largest absolute Gasteiger partial charge is 0.453 e. The van der Waals surface area contributed by atoms with Gasteiger partial charge in [-0.2, -0.15) is 0 Å². The highest BCUT2D eigenvalue weighted by Gasteiger charge is 2.19. The van der Waals surface area contributed by atoms with Gasteiger partial charge in [0.25, 0.3) is 0 Å². The van der Waals surface area contributed by atoms with Crippen LogP contribution in [-0.2, 0) is 4.74 Å². The molecule has 0 aliphatic rings. The summed E-state index contributed by atoms with van der Waals surface area (Å²) in [5.74, 6) is 0.863. The number of ether oxygens (including phenoxy) is 1. The fraction of sp³-hybridized carbons (Fsp3) is 0.235. The standard InChI is InChI=1S/C17H19N7O3/c1-8(2)22-16-12(14(19)20-7-21-16)13(18)9-4-5-11-10(6-9)15(24-27-11)23-17(25)26-3/h4-8,18H,1-3H3,(H,23,24,25)(H3,19,20,21,22). The van der Waals surface area contributed by atoms with Gasteiger partial charge in [-0.25, -0.2) is 14.8 Å². The maximum Gasteiger partial charge on any atom is 0.412 e. The molecular formula is C17H19N7O3. The third-order valence-corrected chi connectivity index (χ3v) is 3.72. The van der Waals surface area contributed by atoms with E-state index in [2.05, 4.69) is 30.5 Å². The average Bonchev–Trinajstić information content (AvgIpc) is 3.03. The number of nitrogens with one attached hydrogen (secondary N) is 3. The van der Waals surface area contributed by atoms with E-state index in [9.17, 15) is 4.79 Å². The number of carbonyl (C=O) groups excluding carboxylic acids is 1. The SMILES string of the molecule is COC(=O)Nc1noc2ccc(C(=N)c3c(N)ncnc3NC(C)C)cc12. The minimum absolute atomic E-state index is 0.0993. The predicted octanol–water partition coefficient (Wildman–Crippen LogP) is 2.61. The Morgan fingerprint density at radius 1 is 1.30 bits per heavy atom. The van der Waals surface area contributed by atoms with E-state index in [1.165, 1.54) is 13.4 Å². The molecule has 0 unspecified atom stereocenters. The highest BCUT2D eigenvalue weighted by molar-refractivity contribution is 6.17. The van der Waals surface area contributed by atoms with E-state index in [-0.39, 0.29) is 23.4 Å². The van der Waals surface area contributed by atoms with Crippen molar-refractivity contribution in [2.24, 2.45) is 0 Å². The van der Waals surface area contributed by atoms with Gasteiger partial charge in [0.1, 0.15) is 18.0 Å². The monoisotopic (exact) mass is 369 g/mol. The summed E-state index contributed by atoms with van der Waals surface area (Å²) in [6.45, 7) is 3.92. The van der Waals surface area contributed by atoms with Crippen LogP contribution in [0.5, 0.6) is 0 Å². The second-order valence-corrected chi connectivity index (χ2v) is 6.02. The van der Waals surface area contributed by atoms with Gasteiger partial charge in [-0.3, -0.25) is 10.7 Å². The maximum atomic E-state index is 11.5. The van der Waals surface area contributed by atoms with Crippen molar-refractivity contribution < 1.29 is 14.1 Å². The third-order valence-electron chi connectivity index (χ3n) is 3.72. The van der Waals surface area contributed by atoms with Crippen LogP contribution >= 0.6 is 0 Å². The fourth-order valence-electron chi connectivity index (χ4n) is 2.50. The van der Waals surface area contributed by atoms with Crippen LogP contribution in [0.15, 0.2) is 29.0 Å². The smallest absolute Gasteiger partial charge is 0.412 e. The predicted molar refractivity (Wildman–Crippen MR) is 101 cm³/mol. The molecule has 0 saturated heterocycles. The van der Waals surface area contributed by atoms with Gasteiger partial charge in [0.15, 0.2) is 11.4 Å². The van der Waals surface area contributed by atoms with Crippen LogP contribution in [-0.4, -0.2) is 40.1 Å². The van der Waals surface area contributed by atoms with E-state index in [0.29, 0.717) is 27.9 Å². The van der Waals surface area contributed by atoms with Crippen LogP contribution in [0.1, 0.15) is 25.0 Å². The minimum Gasteiger partial charge on any atom is -0.453 e. The molecule has 5 N–H and O–H groups in total. The first kappa shape index (κ1) is 18.1. The van der Waals surface area contributed by atoms with E-state index in [1.54, 1.807) is 18.2 Å². The Hall–Kier alpha value is -3.69. The Morgan fingerprint density at radius 2 is 2.07 bits per heavy atom. The van der Waals surface area contributed by atoms with Crippen molar-refractivity contribution in [3.8, 4) is 0 Å². The van der Waals surface area contributed by atoms with Crippen LogP contribution in [0.4, 0.5) is 22.2 Å². The molecule has 10 nitrogen and oxygen atoms in total. The number of rotatable bonds is 5. The van der Waals surface area contributed by atoms with Gasteiger partial charge in [0.05, 0.1) is 23.8 Å². The van der Waals surface area contributed by atoms with Crippen LogP contribution in [0.2, 0.25) is 0 Å². The van der Waals surface area contributed by atoms with E-state index in [4.69, 9.17) is 15.7 Å². The lowest BCUT2D eigenvalue weighted by molar-refractivity contribution is 0.186. The Kier molecular flexibility index (Phi) is 4.88. The zero-order chi connectivity index (χ0) is 19.6. The van der Waals surface area contributed by atoms with Gasteiger partial charge in [0, 0.05) is 11.6 Å². The van der Waals surface area contributed by atoms with Gasteiger partial charge in [-0.05, 0) is 32.0 Å². The van der Waals surface area contributed by atoms with Crippen LogP contribution in [0.3, 0.4) is 0 Å². The molecular weight excluding hydrogens is 350 g/mol. The molecule has 1 aromatic carbocycles. The van der Waals surface area contributed by atoms with E-state index in [0.717, 1.165) is 0 Å². The minimum atomic E-state index is -0.671. The molecule has 0 atom stereocenters. The summed E-state index contributed by atoms with van der Waals surface area (Å²) < 4.78 is 9.76. The number of aromatic nitrogens is 3. The first-order valence-corrected chi connectivity index (χ1v) is 8.11. The lowest BCUT2D eigenvalue weighted by Gasteiger charge is -2.15. The average molecular weight is 369 g/mol. The summed E-state index contributed by atoms with van der Waals surface area (Å²) in [4.78, 5) is 19.7. The van der Waals surface area contributed by atoms with Crippen LogP contribution in [0, 0.1) is 5.41 Å². The number of nitrogen functional groups attached to an aromatic ring is 1. The lowest BCUT2D eigenvalue weighted by atomic mass is 10.0. The normalized spacial score (nSPS) is 10.8. The fourth-order valence-corrected chi connectivity index (χ4v) is 2.50. The first-order valence-electron chi connectivity index (χ1n) is 8.11. The molecule has 140 valence electrons. The summed E-state index contributed by atoms with van der Waals surface area (Å²) in [5, 5.41) is 18.6. The van der Waals surface area contributed by atoms with Crippen molar-refractivity contribution in [2.45, 2.75) is 19.9 Å². The summed E-state index contributed by atoms with van der Waals surface area (Å²) in [5.41, 5.74) is 7.52. The van der Waals surface area contributed by atoms with Crippen LogP contribution < -0.4 is 16.4 Å². The quantitative estimate of drug-likeness (QED) is 0.501. The Balaban J connectivity index is 2.04. The number of methoxy groups -OCH3 is 1. The maximum absolute atomic E-state index is 11.5. The molecule has 0 fully saturated rings. The second kappa shape index (κ2) is 7.28. The zero-order valence-corrected chi connectivity index (χ0v) is 15.0. The summed E-state index contributed by atoms with van der Waals surface area (Å²) in [6.07, 6.45) is 0.674. The molecule has 3 aromatic rings. The summed E-state index contributed by atoms with van der Waals surface area (Å²) in [6, 6.07) is 5.13. The first-order chi connectivity index (χ1) is 12.9. The van der Waals surface area contributed by atoms with E-state index >= 15 is 0 Å². The van der Waals surface area contributed by atoms with Crippen molar-refractivity contribution in [3.63, 3.8) is 0 Å². The molecule has 0 aliphatic carbocycles. The summed E-state index contributed by atoms with van der Waals surface area (Å²) >= 11 is 0. The number of nitrogens with two attached hydrogens (primary N) is 1. The molecule has 10 heteroatoms. The van der Waals surface area contributed by atoms with Crippen molar-refractivity contribution >= 4 is 40.2 Å². The Morgan fingerprint density at radius 3 is 2.78 bits per heavy atom. The number of carbonyl (C=O) groups is 1. The second-order valence-electron chi connectivity index (χ2n) is 6.02. The van der Waals surface area contributed by atoms with E-state index < -0.39 is 6.09 Å². The molecule has 0 bridgehead atoms. The number of anilines is 3. The molecule has 3 rings (SSSR count). The number of fused-ring (bicyclic) bond motifs is 1. The Bertz CT molecular complexity index is 1010. The molecule has 0 aliphatic heterocycles. The topological polar surface area (TPSA) is 152 Å². The van der Waals surface area contributed by atoms with Gasteiger partial charge in [-0.15, -0.1) is 0 Å². The molecule has 27 heavy (non-hydrogen) atoms. The van der Waals surface area contributed by atoms with Gasteiger partial charge >= 0.3 is 6.09 Å². The van der Waals surface area contributed by atoms with Crippen molar-refractivity contribution in [2.75, 3.05) is 23.5 Å². The summed E-state index contributed by atoms with van der Waals surface area (Å²) in [7, 11) is 1.25. The number of benzene rings is 1. The number of amides is 1. The van der Waals surface area contributed by atoms with Crippen LogP contribution in [0.25, 0.3) is 11.0 Å². The lowest BCUT2D eigenvalue weighted by Crippen LogP contribution is -2.18. The van der Waals surface area contributed by atoms with Gasteiger partial charge < -0.3 is 20.3 Å². The highest BCUT2D eigenvalue weighted by Crippen LogP contribution is 2.27. The van der Waals surface area contributed by atoms with Crippen molar-refractivity contribution in [1.29, 1.82) is 5.41 Å². The molecule has 0 radical (unpaired) electrons. The van der Waals surface area contributed by atoms with Gasteiger partial charge in [0.2, 0.25) is 0 Å². The zero-order valence-electron chi connectivity index (χ0n) is 15.0. The number of hydrogen-bond donors (Lipinski definition) is 4.